The first-order valence-electron chi connectivity index (χ1n) is 14.0. The van der Waals surface area contributed by atoms with E-state index in [0.717, 1.165) is 10.5 Å². The van der Waals surface area contributed by atoms with Gasteiger partial charge in [0.05, 0.1) is 5.02 Å². The summed E-state index contributed by atoms with van der Waals surface area (Å²) in [4.78, 5) is 40.5. The molecule has 5 aromatic carbocycles. The minimum absolute atomic E-state index is 0.0433. The van der Waals surface area contributed by atoms with Gasteiger partial charge in [0.25, 0.3) is 11.8 Å². The monoisotopic (exact) mass is 669 g/mol. The minimum atomic E-state index is -0.687. The molecule has 5 aromatic rings. The Kier molecular flexibility index (Phi) is 10.9. The number of benzene rings is 5. The van der Waals surface area contributed by atoms with Crippen LogP contribution in [0.25, 0.3) is 6.08 Å². The van der Waals surface area contributed by atoms with E-state index in [2.05, 4.69) is 16.0 Å². The molecule has 0 radical (unpaired) electrons. The molecule has 0 bridgehead atoms. The molecular formula is C36H26Cl2FN3O3S. The van der Waals surface area contributed by atoms with Crippen LogP contribution in [0.15, 0.2) is 138 Å². The highest BCUT2D eigenvalue weighted by Gasteiger charge is 2.23. The van der Waals surface area contributed by atoms with Crippen molar-refractivity contribution in [1.29, 1.82) is 0 Å². The fourth-order valence-corrected chi connectivity index (χ4v) is 5.70. The van der Waals surface area contributed by atoms with E-state index in [9.17, 15) is 18.8 Å². The summed E-state index contributed by atoms with van der Waals surface area (Å²) in [5.74, 6) is -2.11. The maximum Gasteiger partial charge on any atom is 0.272 e. The molecule has 10 heteroatoms. The lowest BCUT2D eigenvalue weighted by Gasteiger charge is -2.17. The molecule has 1 unspecified atom stereocenters. The molecule has 3 amide bonds. The Morgan fingerprint density at radius 3 is 1.96 bits per heavy atom. The largest absolute Gasteiger partial charge is 0.325 e. The third-order valence-corrected chi connectivity index (χ3v) is 8.48. The Labute approximate surface area is 279 Å². The maximum atomic E-state index is 14.6. The van der Waals surface area contributed by atoms with Gasteiger partial charge in [-0.15, -0.1) is 11.8 Å². The summed E-state index contributed by atoms with van der Waals surface area (Å²) in [6.45, 7) is 0. The number of carbonyl (C=O) groups excluding carboxylic acids is 3. The van der Waals surface area contributed by atoms with Gasteiger partial charge in [-0.25, -0.2) is 4.39 Å². The van der Waals surface area contributed by atoms with Gasteiger partial charge in [-0.3, -0.25) is 14.4 Å². The number of halogens is 3. The summed E-state index contributed by atoms with van der Waals surface area (Å²) in [6, 6.07) is 35.6. The van der Waals surface area contributed by atoms with Gasteiger partial charge in [0, 0.05) is 32.4 Å². The Bertz CT molecular complexity index is 1850. The molecule has 230 valence electrons. The summed E-state index contributed by atoms with van der Waals surface area (Å²) >= 11 is 13.5. The normalized spacial score (nSPS) is 11.8. The second-order valence-corrected chi connectivity index (χ2v) is 11.9. The lowest BCUT2D eigenvalue weighted by Crippen LogP contribution is -2.30. The Morgan fingerprint density at radius 1 is 0.696 bits per heavy atom. The topological polar surface area (TPSA) is 87.3 Å². The van der Waals surface area contributed by atoms with Gasteiger partial charge in [-0.2, -0.15) is 0 Å². The molecule has 3 N–H and O–H groups in total. The van der Waals surface area contributed by atoms with Gasteiger partial charge in [-0.05, 0) is 84.4 Å². The van der Waals surface area contributed by atoms with Crippen LogP contribution in [0.4, 0.5) is 15.8 Å². The van der Waals surface area contributed by atoms with Crippen molar-refractivity contribution in [2.24, 2.45) is 0 Å². The highest BCUT2D eigenvalue weighted by molar-refractivity contribution is 8.00. The highest BCUT2D eigenvalue weighted by Crippen LogP contribution is 2.37. The molecule has 0 saturated heterocycles. The zero-order valence-corrected chi connectivity index (χ0v) is 26.4. The van der Waals surface area contributed by atoms with Crippen LogP contribution in [0.5, 0.6) is 0 Å². The van der Waals surface area contributed by atoms with Gasteiger partial charge in [0.15, 0.2) is 0 Å². The van der Waals surface area contributed by atoms with Crippen LogP contribution in [-0.4, -0.2) is 17.7 Å². The van der Waals surface area contributed by atoms with Crippen molar-refractivity contribution >= 4 is 70.1 Å². The average Bonchev–Trinajstić information content (AvgIpc) is 3.07. The number of hydrogen-bond acceptors (Lipinski definition) is 4. The van der Waals surface area contributed by atoms with E-state index in [4.69, 9.17) is 23.2 Å². The lowest BCUT2D eigenvalue weighted by molar-refractivity contribution is -0.116. The van der Waals surface area contributed by atoms with Crippen LogP contribution in [0.3, 0.4) is 0 Å². The Morgan fingerprint density at radius 2 is 1.30 bits per heavy atom. The van der Waals surface area contributed by atoms with Crippen molar-refractivity contribution in [2.75, 3.05) is 10.6 Å². The van der Waals surface area contributed by atoms with Crippen LogP contribution < -0.4 is 16.0 Å². The summed E-state index contributed by atoms with van der Waals surface area (Å²) in [6.07, 6.45) is 1.20. The summed E-state index contributed by atoms with van der Waals surface area (Å²) in [5.41, 5.74) is 1.91. The molecule has 0 heterocycles. The zero-order valence-electron chi connectivity index (χ0n) is 24.0. The minimum Gasteiger partial charge on any atom is -0.325 e. The van der Waals surface area contributed by atoms with Crippen LogP contribution in [0, 0.1) is 5.82 Å². The molecule has 0 aliphatic carbocycles. The predicted octanol–water partition coefficient (Wildman–Crippen LogP) is 9.01. The lowest BCUT2D eigenvalue weighted by atomic mass is 10.1. The third kappa shape index (κ3) is 8.63. The number of amides is 3. The molecule has 0 saturated carbocycles. The fourth-order valence-electron chi connectivity index (χ4n) is 4.33. The predicted molar refractivity (Wildman–Crippen MR) is 183 cm³/mol. The second kappa shape index (κ2) is 15.4. The SMILES string of the molecule is O=C(Nc1ccc(SC(C(=O)Nc2ccc(Cl)cc2)c2ccccc2)cc1)/C(=C/c1c(F)cccc1Cl)NC(=O)c1ccccc1. The number of rotatable bonds is 10. The molecule has 0 aliphatic heterocycles. The van der Waals surface area contributed by atoms with E-state index < -0.39 is 22.9 Å². The van der Waals surface area contributed by atoms with Gasteiger partial charge in [0.2, 0.25) is 5.91 Å². The van der Waals surface area contributed by atoms with E-state index >= 15 is 0 Å². The Balaban J connectivity index is 1.34. The maximum absolute atomic E-state index is 14.6. The van der Waals surface area contributed by atoms with E-state index in [1.54, 1.807) is 78.9 Å². The van der Waals surface area contributed by atoms with Crippen LogP contribution in [0.1, 0.15) is 26.7 Å². The number of anilines is 2. The fraction of sp³-hybridized carbons (Fsp3) is 0.0278. The molecule has 5 rings (SSSR count). The Hall–Kier alpha value is -4.89. The van der Waals surface area contributed by atoms with Crippen molar-refractivity contribution in [3.63, 3.8) is 0 Å². The standard InChI is InChI=1S/C36H26Cl2FN3O3S/c37-25-14-16-26(17-15-25)41-36(45)33(23-8-3-1-4-9-23)46-28-20-18-27(19-21-28)40-35(44)32(22-29-30(38)12-7-13-31(29)39)42-34(43)24-10-5-2-6-11-24/h1-22,33H,(H,40,44)(H,41,45)(H,42,43)/b32-22-. The molecule has 6 nitrogen and oxygen atoms in total. The first kappa shape index (κ1) is 32.5. The van der Waals surface area contributed by atoms with Crippen molar-refractivity contribution in [1.82, 2.24) is 5.32 Å². The van der Waals surface area contributed by atoms with Gasteiger partial charge in [-0.1, -0.05) is 77.8 Å². The van der Waals surface area contributed by atoms with Gasteiger partial charge >= 0.3 is 0 Å². The first-order chi connectivity index (χ1) is 22.3. The molecule has 0 spiro atoms. The molecular weight excluding hydrogens is 644 g/mol. The van der Waals surface area contributed by atoms with Gasteiger partial charge in [0.1, 0.15) is 16.8 Å². The van der Waals surface area contributed by atoms with E-state index in [0.29, 0.717) is 22.0 Å². The summed E-state index contributed by atoms with van der Waals surface area (Å²) in [5, 5.41) is 8.33. The molecule has 0 aromatic heterocycles. The number of hydrogen-bond donors (Lipinski definition) is 3. The van der Waals surface area contributed by atoms with E-state index in [1.807, 2.05) is 30.3 Å². The molecule has 0 aliphatic rings. The summed E-state index contributed by atoms with van der Waals surface area (Å²) in [7, 11) is 0. The van der Waals surface area contributed by atoms with Crippen LogP contribution >= 0.6 is 35.0 Å². The summed E-state index contributed by atoms with van der Waals surface area (Å²) < 4.78 is 14.6. The van der Waals surface area contributed by atoms with Crippen molar-refractivity contribution < 1.29 is 18.8 Å². The van der Waals surface area contributed by atoms with Gasteiger partial charge < -0.3 is 16.0 Å². The van der Waals surface area contributed by atoms with Crippen molar-refractivity contribution in [3.8, 4) is 0 Å². The molecule has 46 heavy (non-hydrogen) atoms. The van der Waals surface area contributed by atoms with Crippen molar-refractivity contribution in [2.45, 2.75) is 10.1 Å². The molecule has 1 atom stereocenters. The third-order valence-electron chi connectivity index (χ3n) is 6.64. The first-order valence-corrected chi connectivity index (χ1v) is 15.6. The van der Waals surface area contributed by atoms with Crippen LogP contribution in [0.2, 0.25) is 10.0 Å². The zero-order chi connectivity index (χ0) is 32.5. The highest BCUT2D eigenvalue weighted by atomic mass is 35.5. The van der Waals surface area contributed by atoms with E-state index in [1.165, 1.54) is 36.0 Å². The number of carbonyl (C=O) groups is 3. The van der Waals surface area contributed by atoms with Crippen molar-refractivity contribution in [3.05, 3.63) is 166 Å². The smallest absolute Gasteiger partial charge is 0.272 e. The number of thioether (sulfide) groups is 1. The average molecular weight is 671 g/mol. The molecule has 0 fully saturated rings. The number of nitrogens with one attached hydrogen (secondary N) is 3. The van der Waals surface area contributed by atoms with E-state index in [-0.39, 0.29) is 22.2 Å². The quantitative estimate of drug-likeness (QED) is 0.102. The second-order valence-electron chi connectivity index (χ2n) is 9.90. The van der Waals surface area contributed by atoms with Crippen LogP contribution in [-0.2, 0) is 9.59 Å².